The van der Waals surface area contributed by atoms with E-state index < -0.39 is 0 Å². The second-order valence-electron chi connectivity index (χ2n) is 4.82. The first kappa shape index (κ1) is 11.1. The first-order valence-electron chi connectivity index (χ1n) is 6.31. The predicted molar refractivity (Wildman–Crippen MR) is 61.0 cm³/mol. The van der Waals surface area contributed by atoms with Crippen molar-refractivity contribution in [2.75, 3.05) is 39.3 Å². The van der Waals surface area contributed by atoms with Crippen molar-refractivity contribution in [2.45, 2.75) is 32.1 Å². The molecule has 2 saturated heterocycles. The fraction of sp³-hybridized carbons (Fsp3) is 0.917. The largest absolute Gasteiger partial charge is 0.303 e. The van der Waals surface area contributed by atoms with E-state index in [2.05, 4.69) is 9.80 Å². The zero-order valence-electron chi connectivity index (χ0n) is 9.58. The molecule has 0 N–H and O–H groups in total. The summed E-state index contributed by atoms with van der Waals surface area (Å²) in [6, 6.07) is 0. The standard InChI is InChI=1S/C12H22N2O/c15-12-5-3-8-14(11-12)10-4-9-13-6-1-2-7-13/h1-11H2. The van der Waals surface area contributed by atoms with Gasteiger partial charge in [-0.25, -0.2) is 0 Å². The van der Waals surface area contributed by atoms with E-state index in [0.29, 0.717) is 12.3 Å². The van der Waals surface area contributed by atoms with Crippen molar-refractivity contribution in [3.63, 3.8) is 0 Å². The van der Waals surface area contributed by atoms with Crippen molar-refractivity contribution in [1.29, 1.82) is 0 Å². The molecule has 86 valence electrons. The van der Waals surface area contributed by atoms with E-state index in [1.807, 2.05) is 0 Å². The Labute approximate surface area is 92.4 Å². The van der Waals surface area contributed by atoms with Crippen LogP contribution >= 0.6 is 0 Å². The molecule has 0 atom stereocenters. The first-order valence-corrected chi connectivity index (χ1v) is 6.31. The van der Waals surface area contributed by atoms with Gasteiger partial charge in [-0.2, -0.15) is 0 Å². The number of hydrogen-bond donors (Lipinski definition) is 0. The molecule has 0 aromatic rings. The molecule has 2 fully saturated rings. The molecule has 3 nitrogen and oxygen atoms in total. The van der Waals surface area contributed by atoms with E-state index in [1.165, 1.54) is 38.9 Å². The van der Waals surface area contributed by atoms with Crippen LogP contribution in [0.2, 0.25) is 0 Å². The summed E-state index contributed by atoms with van der Waals surface area (Å²) in [7, 11) is 0. The number of carbonyl (C=O) groups is 1. The van der Waals surface area contributed by atoms with E-state index >= 15 is 0 Å². The maximum absolute atomic E-state index is 11.2. The molecule has 0 aromatic heterocycles. The minimum Gasteiger partial charge on any atom is -0.303 e. The Morgan fingerprint density at radius 2 is 1.60 bits per heavy atom. The number of carbonyl (C=O) groups excluding carboxylic acids is 1. The molecule has 0 aliphatic carbocycles. The highest BCUT2D eigenvalue weighted by Crippen LogP contribution is 2.09. The average molecular weight is 210 g/mol. The van der Waals surface area contributed by atoms with Gasteiger partial charge in [0.25, 0.3) is 0 Å². The Balaban J connectivity index is 1.58. The molecule has 15 heavy (non-hydrogen) atoms. The molecule has 2 aliphatic heterocycles. The first-order chi connectivity index (χ1) is 7.34. The third-order valence-electron chi connectivity index (χ3n) is 3.48. The molecule has 3 heteroatoms. The Morgan fingerprint density at radius 1 is 0.933 bits per heavy atom. The van der Waals surface area contributed by atoms with Gasteiger partial charge >= 0.3 is 0 Å². The molecule has 0 saturated carbocycles. The van der Waals surface area contributed by atoms with Crippen molar-refractivity contribution in [1.82, 2.24) is 9.80 Å². The van der Waals surface area contributed by atoms with Crippen LogP contribution < -0.4 is 0 Å². The Hall–Kier alpha value is -0.410. The summed E-state index contributed by atoms with van der Waals surface area (Å²) in [5.41, 5.74) is 0. The molecule has 0 unspecified atom stereocenters. The van der Waals surface area contributed by atoms with Gasteiger partial charge in [0, 0.05) is 6.42 Å². The highest BCUT2D eigenvalue weighted by Gasteiger charge is 2.17. The lowest BCUT2D eigenvalue weighted by atomic mass is 10.1. The quantitative estimate of drug-likeness (QED) is 0.695. The van der Waals surface area contributed by atoms with Crippen molar-refractivity contribution in [3.8, 4) is 0 Å². The van der Waals surface area contributed by atoms with Crippen LogP contribution in [0.25, 0.3) is 0 Å². The van der Waals surface area contributed by atoms with E-state index in [0.717, 1.165) is 25.9 Å². The van der Waals surface area contributed by atoms with Gasteiger partial charge in [-0.1, -0.05) is 0 Å². The second-order valence-corrected chi connectivity index (χ2v) is 4.82. The van der Waals surface area contributed by atoms with Gasteiger partial charge in [-0.05, 0) is 58.4 Å². The van der Waals surface area contributed by atoms with E-state index in [9.17, 15) is 4.79 Å². The van der Waals surface area contributed by atoms with Crippen LogP contribution in [0.15, 0.2) is 0 Å². The van der Waals surface area contributed by atoms with Crippen molar-refractivity contribution >= 4 is 5.78 Å². The highest BCUT2D eigenvalue weighted by molar-refractivity contribution is 5.81. The molecule has 2 heterocycles. The van der Waals surface area contributed by atoms with E-state index in [1.54, 1.807) is 0 Å². The molecule has 0 amide bonds. The summed E-state index contributed by atoms with van der Waals surface area (Å²) in [4.78, 5) is 16.1. The SMILES string of the molecule is O=C1CCCN(CCCN2CCCC2)C1. The fourth-order valence-electron chi connectivity index (χ4n) is 2.62. The molecule has 0 bridgehead atoms. The lowest BCUT2D eigenvalue weighted by Crippen LogP contribution is -2.37. The summed E-state index contributed by atoms with van der Waals surface area (Å²) in [6.45, 7) is 6.76. The summed E-state index contributed by atoms with van der Waals surface area (Å²) in [5, 5.41) is 0. The van der Waals surface area contributed by atoms with Gasteiger partial charge in [-0.3, -0.25) is 9.69 Å². The van der Waals surface area contributed by atoms with Gasteiger partial charge < -0.3 is 4.90 Å². The van der Waals surface area contributed by atoms with E-state index in [-0.39, 0.29) is 0 Å². The van der Waals surface area contributed by atoms with Crippen LogP contribution in [0.1, 0.15) is 32.1 Å². The van der Waals surface area contributed by atoms with Gasteiger partial charge in [0.15, 0.2) is 0 Å². The molecular formula is C12H22N2O. The molecule has 0 aromatic carbocycles. The average Bonchev–Trinajstić information content (AvgIpc) is 2.71. The fourth-order valence-corrected chi connectivity index (χ4v) is 2.62. The third kappa shape index (κ3) is 3.58. The summed E-state index contributed by atoms with van der Waals surface area (Å²) < 4.78 is 0. The Morgan fingerprint density at radius 3 is 2.33 bits per heavy atom. The normalized spacial score (nSPS) is 24.9. The number of ketones is 1. The number of hydrogen-bond acceptors (Lipinski definition) is 3. The minimum atomic E-state index is 0.433. The maximum atomic E-state index is 11.2. The zero-order chi connectivity index (χ0) is 10.5. The summed E-state index contributed by atoms with van der Waals surface area (Å²) in [5.74, 6) is 0.433. The monoisotopic (exact) mass is 210 g/mol. The third-order valence-corrected chi connectivity index (χ3v) is 3.48. The Bertz CT molecular complexity index is 212. The van der Waals surface area contributed by atoms with Gasteiger partial charge in [0.1, 0.15) is 5.78 Å². The number of rotatable bonds is 4. The highest BCUT2D eigenvalue weighted by atomic mass is 16.1. The lowest BCUT2D eigenvalue weighted by molar-refractivity contribution is -0.122. The molecule has 0 spiro atoms. The van der Waals surface area contributed by atoms with Crippen molar-refractivity contribution in [2.24, 2.45) is 0 Å². The minimum absolute atomic E-state index is 0.433. The summed E-state index contributed by atoms with van der Waals surface area (Å²) in [6.07, 6.45) is 5.86. The molecule has 2 rings (SSSR count). The topological polar surface area (TPSA) is 23.6 Å². The van der Waals surface area contributed by atoms with Gasteiger partial charge in [0.05, 0.1) is 6.54 Å². The van der Waals surface area contributed by atoms with Crippen LogP contribution in [0.4, 0.5) is 0 Å². The van der Waals surface area contributed by atoms with E-state index in [4.69, 9.17) is 0 Å². The smallest absolute Gasteiger partial charge is 0.146 e. The maximum Gasteiger partial charge on any atom is 0.146 e. The number of piperidine rings is 1. The summed E-state index contributed by atoms with van der Waals surface area (Å²) >= 11 is 0. The van der Waals surface area contributed by atoms with Crippen LogP contribution in [-0.2, 0) is 4.79 Å². The number of Topliss-reactive ketones (excluding diaryl/α,β-unsaturated/α-hetero) is 1. The zero-order valence-corrected chi connectivity index (χ0v) is 9.58. The second kappa shape index (κ2) is 5.61. The van der Waals surface area contributed by atoms with Crippen molar-refractivity contribution in [3.05, 3.63) is 0 Å². The van der Waals surface area contributed by atoms with Crippen LogP contribution in [-0.4, -0.2) is 54.9 Å². The van der Waals surface area contributed by atoms with Crippen LogP contribution in [0.5, 0.6) is 0 Å². The molecule has 0 radical (unpaired) electrons. The lowest BCUT2D eigenvalue weighted by Gasteiger charge is -2.26. The number of nitrogens with zero attached hydrogens (tertiary/aromatic N) is 2. The van der Waals surface area contributed by atoms with Crippen LogP contribution in [0.3, 0.4) is 0 Å². The number of likely N-dealkylation sites (tertiary alicyclic amines) is 2. The molecular weight excluding hydrogens is 188 g/mol. The van der Waals surface area contributed by atoms with Gasteiger partial charge in [-0.15, -0.1) is 0 Å². The van der Waals surface area contributed by atoms with Crippen molar-refractivity contribution < 1.29 is 4.79 Å². The Kier molecular flexibility index (Phi) is 4.15. The predicted octanol–water partition coefficient (Wildman–Crippen LogP) is 1.14. The van der Waals surface area contributed by atoms with Crippen LogP contribution in [0, 0.1) is 0 Å². The molecule has 2 aliphatic rings. The van der Waals surface area contributed by atoms with Gasteiger partial charge in [0.2, 0.25) is 0 Å².